The zero-order valence-electron chi connectivity index (χ0n) is 13.0. The van der Waals surface area contributed by atoms with Gasteiger partial charge in [0.2, 0.25) is 5.91 Å². The summed E-state index contributed by atoms with van der Waals surface area (Å²) in [5, 5.41) is 23.0. The summed E-state index contributed by atoms with van der Waals surface area (Å²) in [6, 6.07) is 5.04. The molecule has 1 heterocycles. The number of aromatic nitrogens is 1. The number of nitro groups is 1. The number of allylic oxidation sites excluding steroid dienone is 1. The van der Waals surface area contributed by atoms with E-state index in [4.69, 9.17) is 5.11 Å². The second-order valence-electron chi connectivity index (χ2n) is 5.21. The Morgan fingerprint density at radius 1 is 1.42 bits per heavy atom. The lowest BCUT2D eigenvalue weighted by Gasteiger charge is -2.13. The van der Waals surface area contributed by atoms with Crippen LogP contribution < -0.4 is 5.32 Å². The maximum Gasteiger partial charge on any atom is 0.326 e. The highest BCUT2D eigenvalue weighted by Crippen LogP contribution is 2.21. The highest BCUT2D eigenvalue weighted by Gasteiger charge is 2.19. The molecule has 0 aliphatic heterocycles. The van der Waals surface area contributed by atoms with Gasteiger partial charge in [-0.2, -0.15) is 0 Å². The summed E-state index contributed by atoms with van der Waals surface area (Å²) in [7, 11) is 0. The Labute approximate surface area is 137 Å². The van der Waals surface area contributed by atoms with Gasteiger partial charge in [-0.1, -0.05) is 12.2 Å². The van der Waals surface area contributed by atoms with Gasteiger partial charge in [-0.25, -0.2) is 4.79 Å². The average molecular weight is 331 g/mol. The van der Waals surface area contributed by atoms with Crippen molar-refractivity contribution in [3.63, 3.8) is 0 Å². The van der Waals surface area contributed by atoms with E-state index in [1.165, 1.54) is 12.1 Å². The van der Waals surface area contributed by atoms with Gasteiger partial charge in [0.25, 0.3) is 5.69 Å². The zero-order valence-corrected chi connectivity index (χ0v) is 13.0. The maximum atomic E-state index is 12.1. The second-order valence-corrected chi connectivity index (χ2v) is 5.21. The summed E-state index contributed by atoms with van der Waals surface area (Å²) in [5.41, 5.74) is 0.637. The third kappa shape index (κ3) is 3.97. The van der Waals surface area contributed by atoms with E-state index in [0.717, 1.165) is 0 Å². The molecule has 1 aromatic carbocycles. The first kappa shape index (κ1) is 17.2. The number of carbonyl (C=O) groups excluding carboxylic acids is 1. The smallest absolute Gasteiger partial charge is 0.326 e. The summed E-state index contributed by atoms with van der Waals surface area (Å²) >= 11 is 0. The van der Waals surface area contributed by atoms with Gasteiger partial charge < -0.3 is 15.0 Å². The van der Waals surface area contributed by atoms with E-state index in [9.17, 15) is 19.7 Å². The highest BCUT2D eigenvalue weighted by molar-refractivity contribution is 5.87. The van der Waals surface area contributed by atoms with Crippen molar-refractivity contribution in [1.29, 1.82) is 0 Å². The molecule has 0 saturated carbocycles. The fourth-order valence-corrected chi connectivity index (χ4v) is 2.33. The van der Waals surface area contributed by atoms with Crippen LogP contribution in [0.1, 0.15) is 13.3 Å². The molecule has 0 spiro atoms. The van der Waals surface area contributed by atoms with Crippen LogP contribution in [-0.2, 0) is 16.1 Å². The summed E-state index contributed by atoms with van der Waals surface area (Å²) in [4.78, 5) is 33.5. The molecule has 1 aromatic heterocycles. The van der Waals surface area contributed by atoms with E-state index in [2.05, 4.69) is 5.32 Å². The predicted octanol–water partition coefficient (Wildman–Crippen LogP) is 2.09. The van der Waals surface area contributed by atoms with E-state index < -0.39 is 22.8 Å². The zero-order chi connectivity index (χ0) is 17.7. The van der Waals surface area contributed by atoms with Gasteiger partial charge in [-0.05, 0) is 25.5 Å². The van der Waals surface area contributed by atoms with Gasteiger partial charge >= 0.3 is 5.97 Å². The Kier molecular flexibility index (Phi) is 5.31. The van der Waals surface area contributed by atoms with E-state index in [1.54, 1.807) is 42.0 Å². The molecular weight excluding hydrogens is 314 g/mol. The number of carboxylic acid groups (broad SMARTS) is 1. The molecule has 8 nitrogen and oxygen atoms in total. The van der Waals surface area contributed by atoms with Gasteiger partial charge in [0.05, 0.1) is 4.92 Å². The Morgan fingerprint density at radius 2 is 2.17 bits per heavy atom. The van der Waals surface area contributed by atoms with Crippen LogP contribution in [-0.4, -0.2) is 32.5 Å². The Morgan fingerprint density at radius 3 is 2.79 bits per heavy atom. The van der Waals surface area contributed by atoms with E-state index in [-0.39, 0.29) is 18.7 Å². The fourth-order valence-electron chi connectivity index (χ4n) is 2.33. The minimum atomic E-state index is -1.10. The second kappa shape index (κ2) is 7.40. The first-order chi connectivity index (χ1) is 11.4. The summed E-state index contributed by atoms with van der Waals surface area (Å²) < 4.78 is 1.61. The van der Waals surface area contributed by atoms with Crippen LogP contribution >= 0.6 is 0 Å². The third-order valence-electron chi connectivity index (χ3n) is 3.52. The van der Waals surface area contributed by atoms with Gasteiger partial charge in [0.15, 0.2) is 0 Å². The number of nitrogens with one attached hydrogen (secondary N) is 1. The highest BCUT2D eigenvalue weighted by atomic mass is 16.6. The number of nitro benzene ring substituents is 1. The molecule has 8 heteroatoms. The summed E-state index contributed by atoms with van der Waals surface area (Å²) in [5.74, 6) is -1.54. The van der Waals surface area contributed by atoms with Crippen LogP contribution in [0.4, 0.5) is 5.69 Å². The van der Waals surface area contributed by atoms with Crippen molar-refractivity contribution >= 4 is 28.5 Å². The fraction of sp³-hybridized carbons (Fsp3) is 0.250. The number of carbonyl (C=O) groups is 2. The van der Waals surface area contributed by atoms with E-state index in [0.29, 0.717) is 10.9 Å². The molecule has 0 radical (unpaired) electrons. The number of non-ortho nitro benzene ring substituents is 1. The minimum absolute atomic E-state index is 0.0259. The van der Waals surface area contributed by atoms with E-state index >= 15 is 0 Å². The van der Waals surface area contributed by atoms with Crippen molar-refractivity contribution in [3.8, 4) is 0 Å². The number of hydrogen-bond donors (Lipinski definition) is 2. The molecule has 1 unspecified atom stereocenters. The lowest BCUT2D eigenvalue weighted by Crippen LogP contribution is -2.41. The van der Waals surface area contributed by atoms with Gasteiger partial charge in [0, 0.05) is 29.2 Å². The third-order valence-corrected chi connectivity index (χ3v) is 3.52. The Bertz CT molecular complexity index is 809. The average Bonchev–Trinajstić information content (AvgIpc) is 2.93. The minimum Gasteiger partial charge on any atom is -0.480 e. The molecule has 24 heavy (non-hydrogen) atoms. The molecule has 1 atom stereocenters. The van der Waals surface area contributed by atoms with Crippen molar-refractivity contribution in [3.05, 3.63) is 52.7 Å². The molecule has 2 rings (SSSR count). The topological polar surface area (TPSA) is 114 Å². The standard InChI is InChI=1S/C16H17N3O5/c1-2-3-4-13(16(21)22)17-15(20)10-18-8-7-11-9-12(19(23)24)5-6-14(11)18/h2-3,5-9,13H,4,10H2,1H3,(H,17,20)(H,21,22)/b3-2+. The first-order valence-electron chi connectivity index (χ1n) is 7.29. The molecule has 0 aliphatic carbocycles. The Balaban J connectivity index is 2.12. The number of benzene rings is 1. The number of fused-ring (bicyclic) bond motifs is 1. The molecule has 2 aromatic rings. The summed E-state index contributed by atoms with van der Waals surface area (Å²) in [6.45, 7) is 1.70. The molecule has 2 N–H and O–H groups in total. The van der Waals surface area contributed by atoms with Crippen molar-refractivity contribution in [2.24, 2.45) is 0 Å². The predicted molar refractivity (Wildman–Crippen MR) is 87.6 cm³/mol. The van der Waals surface area contributed by atoms with Crippen molar-refractivity contribution in [2.45, 2.75) is 25.9 Å². The molecule has 0 saturated heterocycles. The largest absolute Gasteiger partial charge is 0.480 e. The number of carboxylic acids is 1. The number of amides is 1. The lowest BCUT2D eigenvalue weighted by molar-refractivity contribution is -0.384. The van der Waals surface area contributed by atoms with Gasteiger partial charge in [0.1, 0.15) is 12.6 Å². The van der Waals surface area contributed by atoms with Crippen LogP contribution in [0.15, 0.2) is 42.6 Å². The van der Waals surface area contributed by atoms with Crippen LogP contribution in [0, 0.1) is 10.1 Å². The normalized spacial score (nSPS) is 12.4. The van der Waals surface area contributed by atoms with Crippen LogP contribution in [0.2, 0.25) is 0 Å². The summed E-state index contributed by atoms with van der Waals surface area (Å²) in [6.07, 6.45) is 5.23. The number of rotatable bonds is 7. The van der Waals surface area contributed by atoms with Gasteiger partial charge in [-0.15, -0.1) is 0 Å². The van der Waals surface area contributed by atoms with Crippen LogP contribution in [0.25, 0.3) is 10.9 Å². The number of nitrogens with zero attached hydrogens (tertiary/aromatic N) is 2. The lowest BCUT2D eigenvalue weighted by atomic mass is 10.2. The number of hydrogen-bond acceptors (Lipinski definition) is 4. The molecule has 0 aliphatic rings. The monoisotopic (exact) mass is 331 g/mol. The van der Waals surface area contributed by atoms with Crippen molar-refractivity contribution in [2.75, 3.05) is 0 Å². The quantitative estimate of drug-likeness (QED) is 0.458. The molecule has 0 fully saturated rings. The molecule has 126 valence electrons. The number of aliphatic carboxylic acids is 1. The Hall–Kier alpha value is -3.16. The van der Waals surface area contributed by atoms with Crippen LogP contribution in [0.3, 0.4) is 0 Å². The molecule has 0 bridgehead atoms. The molecular formula is C16H17N3O5. The van der Waals surface area contributed by atoms with E-state index in [1.807, 2.05) is 0 Å². The van der Waals surface area contributed by atoms with Crippen LogP contribution in [0.5, 0.6) is 0 Å². The SMILES string of the molecule is C/C=C/CC(NC(=O)Cn1ccc2cc([N+](=O)[O-])ccc21)C(=O)O. The van der Waals surface area contributed by atoms with Crippen molar-refractivity contribution in [1.82, 2.24) is 9.88 Å². The first-order valence-corrected chi connectivity index (χ1v) is 7.29. The van der Waals surface area contributed by atoms with Gasteiger partial charge in [-0.3, -0.25) is 14.9 Å². The van der Waals surface area contributed by atoms with Crippen molar-refractivity contribution < 1.29 is 19.6 Å². The maximum absolute atomic E-state index is 12.1. The molecule has 1 amide bonds.